The van der Waals surface area contributed by atoms with E-state index < -0.39 is 24.1 Å². The topological polar surface area (TPSA) is 124 Å². The molecule has 156 valence electrons. The molecule has 0 saturated heterocycles. The lowest BCUT2D eigenvalue weighted by molar-refractivity contribution is -0.165. The molecular formula is C22H26O7. The van der Waals surface area contributed by atoms with Crippen LogP contribution in [0.15, 0.2) is 24.3 Å². The molecule has 0 aromatic heterocycles. The zero-order valence-corrected chi connectivity index (χ0v) is 16.9. The molecule has 29 heavy (non-hydrogen) atoms. The molecule has 0 aliphatic rings. The van der Waals surface area contributed by atoms with Crippen molar-refractivity contribution in [2.45, 2.75) is 52.7 Å². The molecule has 7 heteroatoms. The average molecular weight is 402 g/mol. The predicted molar refractivity (Wildman–Crippen MR) is 107 cm³/mol. The first-order chi connectivity index (χ1) is 13.5. The summed E-state index contributed by atoms with van der Waals surface area (Å²) < 4.78 is 5.48. The summed E-state index contributed by atoms with van der Waals surface area (Å²) in [5.74, 6) is -2.25. The highest BCUT2D eigenvalue weighted by atomic mass is 16.5. The molecule has 2 aromatic rings. The fourth-order valence-electron chi connectivity index (χ4n) is 3.34. The fraction of sp³-hybridized carbons (Fsp3) is 0.364. The molecule has 2 rings (SSSR count). The number of aromatic hydroxyl groups is 2. The second-order valence-corrected chi connectivity index (χ2v) is 7.35. The first-order valence-corrected chi connectivity index (χ1v) is 9.18. The van der Waals surface area contributed by atoms with Gasteiger partial charge < -0.3 is 25.2 Å². The number of carbonyl (C=O) groups is 2. The van der Waals surface area contributed by atoms with Crippen molar-refractivity contribution in [3.8, 4) is 11.5 Å². The Morgan fingerprint density at radius 2 is 1.00 bits per heavy atom. The van der Waals surface area contributed by atoms with E-state index in [9.17, 15) is 30.0 Å². The molecule has 0 saturated carbocycles. The van der Waals surface area contributed by atoms with Gasteiger partial charge in [-0.05, 0) is 61.1 Å². The highest BCUT2D eigenvalue weighted by molar-refractivity contribution is 5.76. The summed E-state index contributed by atoms with van der Waals surface area (Å²) in [5.41, 5.74) is 3.68. The number of benzene rings is 2. The van der Waals surface area contributed by atoms with E-state index in [2.05, 4.69) is 0 Å². The lowest BCUT2D eigenvalue weighted by Crippen LogP contribution is -2.36. The highest BCUT2D eigenvalue weighted by Crippen LogP contribution is 2.26. The normalized spacial score (nSPS) is 13.1. The van der Waals surface area contributed by atoms with Crippen LogP contribution in [-0.4, -0.2) is 44.6 Å². The molecule has 0 bridgehead atoms. The smallest absolute Gasteiger partial charge is 0.333 e. The zero-order valence-electron chi connectivity index (χ0n) is 16.9. The summed E-state index contributed by atoms with van der Waals surface area (Å²) in [6.45, 7) is 6.83. The van der Waals surface area contributed by atoms with E-state index in [1.54, 1.807) is 52.0 Å². The third-order valence-corrected chi connectivity index (χ3v) is 4.82. The van der Waals surface area contributed by atoms with Crippen molar-refractivity contribution < 1.29 is 34.8 Å². The Balaban J connectivity index is 2.24. The van der Waals surface area contributed by atoms with Gasteiger partial charge in [0.15, 0.2) is 12.2 Å². The fourth-order valence-corrected chi connectivity index (χ4v) is 3.34. The summed E-state index contributed by atoms with van der Waals surface area (Å²) in [4.78, 5) is 23.4. The molecule has 0 amide bonds. The maximum absolute atomic E-state index is 11.7. The van der Waals surface area contributed by atoms with Crippen molar-refractivity contribution in [2.75, 3.05) is 0 Å². The van der Waals surface area contributed by atoms with Gasteiger partial charge in [0, 0.05) is 12.8 Å². The van der Waals surface area contributed by atoms with Crippen LogP contribution in [0.25, 0.3) is 0 Å². The van der Waals surface area contributed by atoms with Gasteiger partial charge in [-0.15, -0.1) is 0 Å². The van der Waals surface area contributed by atoms with Gasteiger partial charge in [-0.25, -0.2) is 9.59 Å². The second-order valence-electron chi connectivity index (χ2n) is 7.35. The van der Waals surface area contributed by atoms with E-state index in [0.717, 1.165) is 0 Å². The number of carboxylic acid groups (broad SMARTS) is 2. The van der Waals surface area contributed by atoms with Crippen molar-refractivity contribution in [3.05, 3.63) is 57.6 Å². The second kappa shape index (κ2) is 8.96. The molecule has 2 aromatic carbocycles. The van der Waals surface area contributed by atoms with E-state index in [1.165, 1.54) is 0 Å². The molecular weight excluding hydrogens is 376 g/mol. The molecule has 7 nitrogen and oxygen atoms in total. The summed E-state index contributed by atoms with van der Waals surface area (Å²) in [6.07, 6.45) is -2.79. The Bertz CT molecular complexity index is 811. The summed E-state index contributed by atoms with van der Waals surface area (Å²) in [7, 11) is 0. The molecule has 2 atom stereocenters. The minimum absolute atomic E-state index is 0.0330. The minimum atomic E-state index is -1.36. The third kappa shape index (κ3) is 5.48. The van der Waals surface area contributed by atoms with E-state index >= 15 is 0 Å². The number of ether oxygens (including phenoxy) is 1. The van der Waals surface area contributed by atoms with Gasteiger partial charge in [-0.2, -0.15) is 0 Å². The van der Waals surface area contributed by atoms with Crippen LogP contribution in [0.2, 0.25) is 0 Å². The van der Waals surface area contributed by atoms with Crippen molar-refractivity contribution in [1.82, 2.24) is 0 Å². The van der Waals surface area contributed by atoms with Crippen LogP contribution in [0.4, 0.5) is 0 Å². The first kappa shape index (κ1) is 22.2. The predicted octanol–water partition coefficient (Wildman–Crippen LogP) is 3.04. The molecule has 0 spiro atoms. The lowest BCUT2D eigenvalue weighted by atomic mass is 10.00. The van der Waals surface area contributed by atoms with Crippen LogP contribution in [0, 0.1) is 27.7 Å². The van der Waals surface area contributed by atoms with Gasteiger partial charge in [-0.1, -0.05) is 24.3 Å². The van der Waals surface area contributed by atoms with Crippen molar-refractivity contribution >= 4 is 11.9 Å². The van der Waals surface area contributed by atoms with Crippen molar-refractivity contribution in [1.29, 1.82) is 0 Å². The highest BCUT2D eigenvalue weighted by Gasteiger charge is 2.28. The minimum Gasteiger partial charge on any atom is -0.507 e. The Hall–Kier alpha value is -3.06. The number of phenolic OH excluding ortho intramolecular Hbond substituents is 2. The van der Waals surface area contributed by atoms with Gasteiger partial charge in [0.1, 0.15) is 11.5 Å². The number of phenols is 2. The number of aliphatic carboxylic acids is 2. The lowest BCUT2D eigenvalue weighted by Gasteiger charge is -2.21. The Morgan fingerprint density at radius 3 is 1.24 bits per heavy atom. The Labute approximate surface area is 169 Å². The van der Waals surface area contributed by atoms with Crippen molar-refractivity contribution in [3.63, 3.8) is 0 Å². The third-order valence-electron chi connectivity index (χ3n) is 4.82. The standard InChI is InChI=1S/C22H26O7/c1-11-5-15(6-12(2)19(11)23)9-17(21(25)26)29-18(22(27)28)10-16-7-13(3)20(24)14(4)8-16/h5-8,17-18,23-24H,9-10H2,1-4H3,(H,25,26)(H,27,28)/t17-,18-/m1/s1. The molecule has 4 N–H and O–H groups in total. The van der Waals surface area contributed by atoms with E-state index in [-0.39, 0.29) is 24.3 Å². The van der Waals surface area contributed by atoms with Crippen molar-refractivity contribution in [2.24, 2.45) is 0 Å². The van der Waals surface area contributed by atoms with Crippen LogP contribution in [-0.2, 0) is 27.2 Å². The summed E-state index contributed by atoms with van der Waals surface area (Å²) in [6, 6.07) is 6.63. The number of carboxylic acids is 2. The molecule has 0 aliphatic carbocycles. The molecule has 0 radical (unpaired) electrons. The van der Waals surface area contributed by atoms with Gasteiger partial charge in [-0.3, -0.25) is 0 Å². The molecule has 0 unspecified atom stereocenters. The summed E-state index contributed by atoms with van der Waals surface area (Å²) in [5, 5.41) is 38.9. The maximum atomic E-state index is 11.7. The molecule has 0 heterocycles. The van der Waals surface area contributed by atoms with E-state index in [1.807, 2.05) is 0 Å². The molecule has 0 aliphatic heterocycles. The van der Waals surface area contributed by atoms with E-state index in [0.29, 0.717) is 33.4 Å². The number of hydrogen-bond acceptors (Lipinski definition) is 5. The largest absolute Gasteiger partial charge is 0.507 e. The van der Waals surface area contributed by atoms with Gasteiger partial charge in [0.2, 0.25) is 0 Å². The number of hydrogen-bond donors (Lipinski definition) is 4. The SMILES string of the molecule is Cc1cc(C[C@@H](O[C@H](Cc2cc(C)c(O)c(C)c2)C(=O)O)C(=O)O)cc(C)c1O. The van der Waals surface area contributed by atoms with Crippen LogP contribution in [0.5, 0.6) is 11.5 Å². The zero-order chi connectivity index (χ0) is 21.9. The number of aryl methyl sites for hydroxylation is 4. The van der Waals surface area contributed by atoms with Gasteiger partial charge >= 0.3 is 11.9 Å². The summed E-state index contributed by atoms with van der Waals surface area (Å²) >= 11 is 0. The van der Waals surface area contributed by atoms with Gasteiger partial charge in [0.25, 0.3) is 0 Å². The first-order valence-electron chi connectivity index (χ1n) is 9.18. The van der Waals surface area contributed by atoms with Crippen LogP contribution in [0.1, 0.15) is 33.4 Å². The van der Waals surface area contributed by atoms with Crippen LogP contribution < -0.4 is 0 Å². The quantitative estimate of drug-likeness (QED) is 0.535. The van der Waals surface area contributed by atoms with Crippen LogP contribution in [0.3, 0.4) is 0 Å². The Kier molecular flexibility index (Phi) is 6.87. The van der Waals surface area contributed by atoms with Crippen LogP contribution >= 0.6 is 0 Å². The van der Waals surface area contributed by atoms with Gasteiger partial charge in [0.05, 0.1) is 0 Å². The number of rotatable bonds is 8. The molecule has 0 fully saturated rings. The maximum Gasteiger partial charge on any atom is 0.333 e. The monoisotopic (exact) mass is 402 g/mol. The Morgan fingerprint density at radius 1 is 0.724 bits per heavy atom. The van der Waals surface area contributed by atoms with E-state index in [4.69, 9.17) is 4.74 Å². The average Bonchev–Trinajstić information content (AvgIpc) is 2.62.